The van der Waals surface area contributed by atoms with Crippen LogP contribution in [0.1, 0.15) is 38.5 Å². The molecular weight excluding hydrogens is 328 g/mol. The number of nitrogens with one attached hydrogen (secondary N) is 2. The Morgan fingerprint density at radius 2 is 1.58 bits per heavy atom. The van der Waals surface area contributed by atoms with Crippen molar-refractivity contribution < 1.29 is 9.59 Å². The molecule has 2 aliphatic rings. The number of nitrogens with zero attached hydrogens (tertiary/aromatic N) is 2. The van der Waals surface area contributed by atoms with Crippen molar-refractivity contribution in [3.63, 3.8) is 0 Å². The molecule has 1 aromatic carbocycles. The highest BCUT2D eigenvalue weighted by Crippen LogP contribution is 2.17. The molecule has 1 aliphatic carbocycles. The molecule has 1 saturated heterocycles. The van der Waals surface area contributed by atoms with Gasteiger partial charge in [0.05, 0.1) is 6.54 Å². The van der Waals surface area contributed by atoms with Crippen molar-refractivity contribution in [3.05, 3.63) is 30.3 Å². The van der Waals surface area contributed by atoms with Crippen molar-refractivity contribution in [1.82, 2.24) is 15.5 Å². The molecule has 0 unspecified atom stereocenters. The van der Waals surface area contributed by atoms with E-state index in [1.165, 1.54) is 31.4 Å². The summed E-state index contributed by atoms with van der Waals surface area (Å²) in [7, 11) is 0. The van der Waals surface area contributed by atoms with Crippen molar-refractivity contribution in [2.24, 2.45) is 0 Å². The maximum Gasteiger partial charge on any atom is 0.317 e. The number of carbonyl (C=O) groups excluding carboxylic acids is 2. The van der Waals surface area contributed by atoms with Crippen LogP contribution in [0.5, 0.6) is 0 Å². The summed E-state index contributed by atoms with van der Waals surface area (Å²) in [6, 6.07) is 10.4. The number of urea groups is 1. The summed E-state index contributed by atoms with van der Waals surface area (Å²) >= 11 is 0. The quantitative estimate of drug-likeness (QED) is 0.812. The molecule has 6 nitrogen and oxygen atoms in total. The maximum absolute atomic E-state index is 12.3. The second-order valence-corrected chi connectivity index (χ2v) is 7.22. The van der Waals surface area contributed by atoms with E-state index < -0.39 is 0 Å². The van der Waals surface area contributed by atoms with Gasteiger partial charge in [0.2, 0.25) is 5.91 Å². The number of amides is 3. The highest BCUT2D eigenvalue weighted by Gasteiger charge is 2.22. The van der Waals surface area contributed by atoms with Crippen LogP contribution in [0.15, 0.2) is 30.3 Å². The highest BCUT2D eigenvalue weighted by molar-refractivity contribution is 5.84. The smallest absolute Gasteiger partial charge is 0.317 e. The van der Waals surface area contributed by atoms with Crippen LogP contribution in [0.25, 0.3) is 0 Å². The van der Waals surface area contributed by atoms with Crippen LogP contribution in [0.4, 0.5) is 10.5 Å². The zero-order valence-corrected chi connectivity index (χ0v) is 15.5. The number of rotatable bonds is 4. The van der Waals surface area contributed by atoms with Crippen molar-refractivity contribution >= 4 is 17.6 Å². The minimum atomic E-state index is -0.145. The first-order valence-electron chi connectivity index (χ1n) is 9.84. The molecule has 26 heavy (non-hydrogen) atoms. The number of piperazine rings is 1. The standard InChI is InChI=1S/C20H30N4O2/c25-19(22-17-8-4-1-2-5-9-17)16-21-20(26)24-14-12-23(13-15-24)18-10-6-3-7-11-18/h3,6-7,10-11,17H,1-2,4-5,8-9,12-16H2,(H,21,26)(H,22,25). The third kappa shape index (κ3) is 5.38. The molecule has 1 aromatic rings. The van der Waals surface area contributed by atoms with Gasteiger partial charge in [0.1, 0.15) is 0 Å². The van der Waals surface area contributed by atoms with Gasteiger partial charge in [-0.1, -0.05) is 43.9 Å². The summed E-state index contributed by atoms with van der Waals surface area (Å²) in [6.45, 7) is 3.03. The lowest BCUT2D eigenvalue weighted by Gasteiger charge is -2.36. The number of hydrogen-bond donors (Lipinski definition) is 2. The normalized spacial score (nSPS) is 18.9. The summed E-state index contributed by atoms with van der Waals surface area (Å²) in [4.78, 5) is 28.5. The van der Waals surface area contributed by atoms with E-state index in [1.54, 1.807) is 4.90 Å². The van der Waals surface area contributed by atoms with Crippen LogP contribution in [-0.2, 0) is 4.79 Å². The van der Waals surface area contributed by atoms with Gasteiger partial charge < -0.3 is 20.4 Å². The van der Waals surface area contributed by atoms with Crippen molar-refractivity contribution in [2.75, 3.05) is 37.6 Å². The monoisotopic (exact) mass is 358 g/mol. The second-order valence-electron chi connectivity index (χ2n) is 7.22. The summed E-state index contributed by atoms with van der Waals surface area (Å²) in [6.07, 6.45) is 7.00. The molecule has 1 aliphatic heterocycles. The van der Waals surface area contributed by atoms with E-state index in [-0.39, 0.29) is 24.5 Å². The third-order valence-electron chi connectivity index (χ3n) is 5.31. The van der Waals surface area contributed by atoms with E-state index in [0.717, 1.165) is 25.9 Å². The lowest BCUT2D eigenvalue weighted by Crippen LogP contribution is -2.53. The molecule has 6 heteroatoms. The Hall–Kier alpha value is -2.24. The molecule has 3 amide bonds. The number of carbonyl (C=O) groups is 2. The van der Waals surface area contributed by atoms with Crippen LogP contribution in [0.2, 0.25) is 0 Å². The molecule has 2 fully saturated rings. The molecular formula is C20H30N4O2. The van der Waals surface area contributed by atoms with E-state index in [0.29, 0.717) is 13.1 Å². The Balaban J connectivity index is 1.37. The van der Waals surface area contributed by atoms with E-state index in [2.05, 4.69) is 27.7 Å². The van der Waals surface area contributed by atoms with Gasteiger partial charge in [0, 0.05) is 37.9 Å². The highest BCUT2D eigenvalue weighted by atomic mass is 16.2. The van der Waals surface area contributed by atoms with Crippen LogP contribution in [0.3, 0.4) is 0 Å². The first kappa shape index (κ1) is 18.5. The molecule has 2 N–H and O–H groups in total. The fraction of sp³-hybridized carbons (Fsp3) is 0.600. The molecule has 1 saturated carbocycles. The van der Waals surface area contributed by atoms with Crippen LogP contribution in [0, 0.1) is 0 Å². The van der Waals surface area contributed by atoms with Gasteiger partial charge in [-0.05, 0) is 25.0 Å². The van der Waals surface area contributed by atoms with E-state index >= 15 is 0 Å². The Kier molecular flexibility index (Phi) is 6.75. The fourth-order valence-corrected chi connectivity index (χ4v) is 3.78. The minimum Gasteiger partial charge on any atom is -0.368 e. The fourth-order valence-electron chi connectivity index (χ4n) is 3.78. The van der Waals surface area contributed by atoms with Crippen LogP contribution < -0.4 is 15.5 Å². The molecule has 3 rings (SSSR count). The molecule has 1 heterocycles. The molecule has 0 aromatic heterocycles. The van der Waals surface area contributed by atoms with Gasteiger partial charge in [-0.25, -0.2) is 4.79 Å². The van der Waals surface area contributed by atoms with Crippen molar-refractivity contribution in [2.45, 2.75) is 44.6 Å². The Morgan fingerprint density at radius 1 is 0.923 bits per heavy atom. The molecule has 0 atom stereocenters. The molecule has 0 spiro atoms. The minimum absolute atomic E-state index is 0.0637. The summed E-state index contributed by atoms with van der Waals surface area (Å²) < 4.78 is 0. The Morgan fingerprint density at radius 3 is 2.23 bits per heavy atom. The summed E-state index contributed by atoms with van der Waals surface area (Å²) in [5, 5.41) is 5.83. The molecule has 0 radical (unpaired) electrons. The van der Waals surface area contributed by atoms with Crippen LogP contribution in [-0.4, -0.2) is 55.6 Å². The first-order chi connectivity index (χ1) is 12.7. The lowest BCUT2D eigenvalue weighted by atomic mass is 10.1. The van der Waals surface area contributed by atoms with E-state index in [4.69, 9.17) is 0 Å². The number of para-hydroxylation sites is 1. The van der Waals surface area contributed by atoms with E-state index in [9.17, 15) is 9.59 Å². The van der Waals surface area contributed by atoms with Crippen molar-refractivity contribution in [1.29, 1.82) is 0 Å². The van der Waals surface area contributed by atoms with Gasteiger partial charge in [0.25, 0.3) is 0 Å². The number of benzene rings is 1. The number of hydrogen-bond acceptors (Lipinski definition) is 3. The largest absolute Gasteiger partial charge is 0.368 e. The van der Waals surface area contributed by atoms with E-state index in [1.807, 2.05) is 18.2 Å². The third-order valence-corrected chi connectivity index (χ3v) is 5.31. The molecule has 0 bridgehead atoms. The van der Waals surface area contributed by atoms with Crippen molar-refractivity contribution in [3.8, 4) is 0 Å². The predicted molar refractivity (Wildman–Crippen MR) is 103 cm³/mol. The zero-order valence-electron chi connectivity index (χ0n) is 15.5. The topological polar surface area (TPSA) is 64.7 Å². The Labute approximate surface area is 155 Å². The predicted octanol–water partition coefficient (Wildman–Crippen LogP) is 2.36. The maximum atomic E-state index is 12.3. The second kappa shape index (κ2) is 9.46. The number of anilines is 1. The van der Waals surface area contributed by atoms with Crippen LogP contribution >= 0.6 is 0 Å². The average molecular weight is 358 g/mol. The SMILES string of the molecule is O=C(CNC(=O)N1CCN(c2ccccc2)CC1)NC1CCCCCC1. The summed E-state index contributed by atoms with van der Waals surface area (Å²) in [5.74, 6) is -0.0758. The van der Waals surface area contributed by atoms with Gasteiger partial charge in [-0.3, -0.25) is 4.79 Å². The summed E-state index contributed by atoms with van der Waals surface area (Å²) in [5.41, 5.74) is 1.19. The van der Waals surface area contributed by atoms with Gasteiger partial charge in [0.15, 0.2) is 0 Å². The average Bonchev–Trinajstić information content (AvgIpc) is 2.95. The first-order valence-corrected chi connectivity index (χ1v) is 9.84. The van der Waals surface area contributed by atoms with Gasteiger partial charge in [-0.15, -0.1) is 0 Å². The van der Waals surface area contributed by atoms with Gasteiger partial charge >= 0.3 is 6.03 Å². The Bertz CT molecular complexity index is 577. The zero-order chi connectivity index (χ0) is 18.2. The van der Waals surface area contributed by atoms with Gasteiger partial charge in [-0.2, -0.15) is 0 Å². The molecule has 142 valence electrons. The lowest BCUT2D eigenvalue weighted by molar-refractivity contribution is -0.120.